The van der Waals surface area contributed by atoms with Crippen LogP contribution in [-0.2, 0) is 4.74 Å². The summed E-state index contributed by atoms with van der Waals surface area (Å²) in [6, 6.07) is 0. The maximum absolute atomic E-state index is 12.0. The van der Waals surface area contributed by atoms with Crippen LogP contribution in [0.1, 0.15) is 47.5 Å². The molecule has 1 saturated heterocycles. The van der Waals surface area contributed by atoms with Crippen LogP contribution in [0.4, 0.5) is 4.79 Å². The lowest BCUT2D eigenvalue weighted by Gasteiger charge is -2.41. The molecule has 0 aromatic heterocycles. The van der Waals surface area contributed by atoms with Crippen LogP contribution in [-0.4, -0.2) is 41.8 Å². The van der Waals surface area contributed by atoms with Crippen molar-refractivity contribution in [1.29, 1.82) is 0 Å². The van der Waals surface area contributed by atoms with Crippen LogP contribution < -0.4 is 5.32 Å². The molecular formula is C13H26N2O2. The molecule has 1 N–H and O–H groups in total. The normalized spacial score (nSPS) is 25.8. The van der Waals surface area contributed by atoms with Crippen LogP contribution in [0.25, 0.3) is 0 Å². The van der Waals surface area contributed by atoms with E-state index in [1.807, 2.05) is 25.7 Å². The van der Waals surface area contributed by atoms with Gasteiger partial charge in [0.2, 0.25) is 0 Å². The molecule has 0 saturated carbocycles. The molecule has 0 aromatic carbocycles. The third-order valence-corrected chi connectivity index (χ3v) is 2.95. The molecule has 100 valence electrons. The van der Waals surface area contributed by atoms with Crippen molar-refractivity contribution in [2.45, 2.75) is 58.6 Å². The number of nitrogens with zero attached hydrogens (tertiary/aromatic N) is 1. The molecule has 0 aliphatic carbocycles. The van der Waals surface area contributed by atoms with Gasteiger partial charge >= 0.3 is 6.09 Å². The first-order valence-electron chi connectivity index (χ1n) is 6.49. The van der Waals surface area contributed by atoms with Crippen molar-refractivity contribution in [3.8, 4) is 0 Å². The summed E-state index contributed by atoms with van der Waals surface area (Å²) in [5.74, 6) is 0. The molecule has 0 unspecified atom stereocenters. The van der Waals surface area contributed by atoms with Crippen LogP contribution in [0.3, 0.4) is 0 Å². The van der Waals surface area contributed by atoms with Crippen molar-refractivity contribution < 1.29 is 9.53 Å². The highest BCUT2D eigenvalue weighted by molar-refractivity contribution is 5.68. The minimum absolute atomic E-state index is 0.0317. The topological polar surface area (TPSA) is 41.6 Å². The van der Waals surface area contributed by atoms with Crippen molar-refractivity contribution in [1.82, 2.24) is 10.2 Å². The first-order valence-corrected chi connectivity index (χ1v) is 6.49. The maximum Gasteiger partial charge on any atom is 0.410 e. The molecule has 1 amide bonds. The molecule has 17 heavy (non-hydrogen) atoms. The summed E-state index contributed by atoms with van der Waals surface area (Å²) >= 11 is 0. The fraction of sp³-hybridized carbons (Fsp3) is 0.923. The number of ether oxygens (including phenoxy) is 1. The van der Waals surface area contributed by atoms with E-state index in [4.69, 9.17) is 4.74 Å². The van der Waals surface area contributed by atoms with E-state index in [9.17, 15) is 4.79 Å². The van der Waals surface area contributed by atoms with Crippen molar-refractivity contribution in [3.05, 3.63) is 0 Å². The molecule has 4 heteroatoms. The first-order chi connectivity index (χ1) is 7.76. The maximum atomic E-state index is 12.0. The van der Waals surface area contributed by atoms with E-state index < -0.39 is 5.60 Å². The highest BCUT2D eigenvalue weighted by Gasteiger charge is 2.34. The standard InChI is InChI=1S/C13H26N2O2/c1-6-14-13(5)8-7-9-15(10-13)11(16)17-12(2,3)4/h14H,6-10H2,1-5H3/t13-/m1/s1. The fourth-order valence-corrected chi connectivity index (χ4v) is 2.29. The lowest BCUT2D eigenvalue weighted by atomic mass is 9.91. The fourth-order valence-electron chi connectivity index (χ4n) is 2.29. The molecule has 4 nitrogen and oxygen atoms in total. The predicted octanol–water partition coefficient (Wildman–Crippen LogP) is 2.39. The number of likely N-dealkylation sites (N-methyl/N-ethyl adjacent to an activating group) is 1. The zero-order valence-electron chi connectivity index (χ0n) is 11.8. The molecule has 1 atom stereocenters. The number of hydrogen-bond donors (Lipinski definition) is 1. The highest BCUT2D eigenvalue weighted by Crippen LogP contribution is 2.22. The lowest BCUT2D eigenvalue weighted by Crippen LogP contribution is -2.56. The van der Waals surface area contributed by atoms with E-state index in [-0.39, 0.29) is 11.6 Å². The Labute approximate surface area is 105 Å². The van der Waals surface area contributed by atoms with Gasteiger partial charge in [-0.1, -0.05) is 6.92 Å². The largest absolute Gasteiger partial charge is 0.444 e. The van der Waals surface area contributed by atoms with E-state index >= 15 is 0 Å². The van der Waals surface area contributed by atoms with Gasteiger partial charge in [-0.2, -0.15) is 0 Å². The number of amides is 1. The van der Waals surface area contributed by atoms with Crippen LogP contribution in [0, 0.1) is 0 Å². The molecule has 1 aliphatic rings. The number of carbonyl (C=O) groups is 1. The van der Waals surface area contributed by atoms with Crippen LogP contribution >= 0.6 is 0 Å². The lowest BCUT2D eigenvalue weighted by molar-refractivity contribution is 0.0125. The average molecular weight is 242 g/mol. The number of likely N-dealkylation sites (tertiary alicyclic amines) is 1. The number of rotatable bonds is 2. The Morgan fingerprint density at radius 3 is 2.65 bits per heavy atom. The van der Waals surface area contributed by atoms with E-state index in [2.05, 4.69) is 19.2 Å². The van der Waals surface area contributed by atoms with Gasteiger partial charge in [0, 0.05) is 18.6 Å². The summed E-state index contributed by atoms with van der Waals surface area (Å²) < 4.78 is 5.41. The van der Waals surface area contributed by atoms with Crippen LogP contribution in [0.15, 0.2) is 0 Å². The predicted molar refractivity (Wildman–Crippen MR) is 69.1 cm³/mol. The molecule has 1 fully saturated rings. The van der Waals surface area contributed by atoms with Crippen LogP contribution in [0.5, 0.6) is 0 Å². The van der Waals surface area contributed by atoms with E-state index in [0.29, 0.717) is 0 Å². The van der Waals surface area contributed by atoms with Gasteiger partial charge in [0.25, 0.3) is 0 Å². The molecule has 0 spiro atoms. The quantitative estimate of drug-likeness (QED) is 0.808. The van der Waals surface area contributed by atoms with E-state index in [1.54, 1.807) is 0 Å². The van der Waals surface area contributed by atoms with Gasteiger partial charge in [0.15, 0.2) is 0 Å². The molecule has 1 heterocycles. The van der Waals surface area contributed by atoms with Crippen molar-refractivity contribution in [3.63, 3.8) is 0 Å². The Kier molecular flexibility index (Phi) is 4.42. The SMILES string of the molecule is CCN[C@]1(C)CCCN(C(=O)OC(C)(C)C)C1. The van der Waals surface area contributed by atoms with Gasteiger partial charge < -0.3 is 15.0 Å². The summed E-state index contributed by atoms with van der Waals surface area (Å²) in [7, 11) is 0. The third kappa shape index (κ3) is 4.54. The van der Waals surface area contributed by atoms with Crippen molar-refractivity contribution in [2.24, 2.45) is 0 Å². The van der Waals surface area contributed by atoms with E-state index in [1.165, 1.54) is 0 Å². The number of carbonyl (C=O) groups excluding carboxylic acids is 1. The van der Waals surface area contributed by atoms with Crippen LogP contribution in [0.2, 0.25) is 0 Å². The summed E-state index contributed by atoms with van der Waals surface area (Å²) in [4.78, 5) is 13.8. The minimum Gasteiger partial charge on any atom is -0.444 e. The highest BCUT2D eigenvalue weighted by atomic mass is 16.6. The second kappa shape index (κ2) is 5.25. The summed E-state index contributed by atoms with van der Waals surface area (Å²) in [6.45, 7) is 12.4. The Balaban J connectivity index is 2.57. The van der Waals surface area contributed by atoms with E-state index in [0.717, 1.165) is 32.5 Å². The Morgan fingerprint density at radius 1 is 1.47 bits per heavy atom. The van der Waals surface area contributed by atoms with Crippen molar-refractivity contribution >= 4 is 6.09 Å². The van der Waals surface area contributed by atoms with Gasteiger partial charge in [-0.3, -0.25) is 0 Å². The third-order valence-electron chi connectivity index (χ3n) is 2.95. The molecule has 1 rings (SSSR count). The Hall–Kier alpha value is -0.770. The first kappa shape index (κ1) is 14.3. The molecule has 0 aromatic rings. The Morgan fingerprint density at radius 2 is 2.12 bits per heavy atom. The van der Waals surface area contributed by atoms with Gasteiger partial charge in [0.05, 0.1) is 0 Å². The second-order valence-electron chi connectivity index (χ2n) is 6.10. The number of piperidine rings is 1. The smallest absolute Gasteiger partial charge is 0.410 e. The monoisotopic (exact) mass is 242 g/mol. The average Bonchev–Trinajstić information content (AvgIpc) is 2.14. The number of nitrogens with one attached hydrogen (secondary N) is 1. The van der Waals surface area contributed by atoms with Gasteiger partial charge in [-0.05, 0) is 47.1 Å². The zero-order valence-corrected chi connectivity index (χ0v) is 11.8. The summed E-state index contributed by atoms with van der Waals surface area (Å²) in [6.07, 6.45) is 1.95. The van der Waals surface area contributed by atoms with Gasteiger partial charge in [-0.15, -0.1) is 0 Å². The Bertz CT molecular complexity index is 269. The summed E-state index contributed by atoms with van der Waals surface area (Å²) in [5.41, 5.74) is -0.382. The second-order valence-corrected chi connectivity index (χ2v) is 6.10. The zero-order chi connectivity index (χ0) is 13.1. The van der Waals surface area contributed by atoms with Gasteiger partial charge in [0.1, 0.15) is 5.60 Å². The summed E-state index contributed by atoms with van der Waals surface area (Å²) in [5, 5.41) is 3.46. The minimum atomic E-state index is -0.414. The molecule has 1 aliphatic heterocycles. The molecule has 0 bridgehead atoms. The molecular weight excluding hydrogens is 216 g/mol. The number of hydrogen-bond acceptors (Lipinski definition) is 3. The van der Waals surface area contributed by atoms with Crippen molar-refractivity contribution in [2.75, 3.05) is 19.6 Å². The van der Waals surface area contributed by atoms with Gasteiger partial charge in [-0.25, -0.2) is 4.79 Å². The molecule has 0 radical (unpaired) electrons.